The van der Waals surface area contributed by atoms with Gasteiger partial charge in [-0.3, -0.25) is 5.10 Å². The summed E-state index contributed by atoms with van der Waals surface area (Å²) in [5.74, 6) is 0.602. The number of fused-ring (bicyclic) bond motifs is 1. The molecule has 1 fully saturated rings. The van der Waals surface area contributed by atoms with Gasteiger partial charge >= 0.3 is 0 Å². The van der Waals surface area contributed by atoms with Gasteiger partial charge in [0.1, 0.15) is 12.1 Å². The predicted octanol–water partition coefficient (Wildman–Crippen LogP) is 6.11. The number of piperidine rings is 1. The maximum atomic E-state index is 13.7. The van der Waals surface area contributed by atoms with Crippen molar-refractivity contribution < 1.29 is 13.5 Å². The molecule has 4 heterocycles. The van der Waals surface area contributed by atoms with E-state index in [9.17, 15) is 4.39 Å². The second-order valence-corrected chi connectivity index (χ2v) is 9.49. The lowest BCUT2D eigenvalue weighted by Crippen LogP contribution is -2.27. The number of pyridine rings is 1. The van der Waals surface area contributed by atoms with E-state index in [1.54, 1.807) is 12.5 Å². The van der Waals surface area contributed by atoms with Gasteiger partial charge in [0, 0.05) is 34.5 Å². The average Bonchev–Trinajstić information content (AvgIpc) is 3.52. The van der Waals surface area contributed by atoms with Gasteiger partial charge in [0.25, 0.3) is 0 Å². The first-order valence-corrected chi connectivity index (χ1v) is 12.5. The van der Waals surface area contributed by atoms with E-state index in [0.717, 1.165) is 48.1 Å². The van der Waals surface area contributed by atoms with Crippen LogP contribution in [0.3, 0.4) is 0 Å². The van der Waals surface area contributed by atoms with E-state index in [4.69, 9.17) is 38.1 Å². The van der Waals surface area contributed by atoms with Gasteiger partial charge < -0.3 is 20.2 Å². The van der Waals surface area contributed by atoms with Crippen molar-refractivity contribution in [2.75, 3.05) is 25.4 Å². The standard InChI is InChI=1S/C25H26Cl2FN5O2/c26-19-4-5-20(28)21(27)15(19)3-1-2-10-34-24-23-17(11-31-25(24)29)18(13-35-23)16-12-32-33-22(16)14-6-8-30-9-7-14/h4-5,11-14,30H,1-3,6-10H2,(H2,29,31)(H,32,33). The van der Waals surface area contributed by atoms with Crippen molar-refractivity contribution in [1.82, 2.24) is 20.5 Å². The van der Waals surface area contributed by atoms with E-state index < -0.39 is 5.82 Å². The zero-order chi connectivity index (χ0) is 24.4. The Morgan fingerprint density at radius 3 is 2.83 bits per heavy atom. The quantitative estimate of drug-likeness (QED) is 0.192. The van der Waals surface area contributed by atoms with Crippen LogP contribution >= 0.6 is 23.2 Å². The molecule has 4 N–H and O–H groups in total. The molecule has 0 amide bonds. The van der Waals surface area contributed by atoms with Crippen LogP contribution in [0.25, 0.3) is 22.1 Å². The second-order valence-electron chi connectivity index (χ2n) is 8.70. The number of nitrogens with zero attached hydrogens (tertiary/aromatic N) is 2. The SMILES string of the molecule is Nc1ncc2c(-c3c[nH]nc3C3CCNCC3)coc2c1OCCCCc1c(Cl)ccc(F)c1Cl. The van der Waals surface area contributed by atoms with E-state index >= 15 is 0 Å². The highest BCUT2D eigenvalue weighted by molar-refractivity contribution is 6.36. The van der Waals surface area contributed by atoms with Crippen LogP contribution in [-0.4, -0.2) is 34.9 Å². The molecule has 5 rings (SSSR count). The summed E-state index contributed by atoms with van der Waals surface area (Å²) in [5.41, 5.74) is 10.3. The Hall–Kier alpha value is -2.81. The van der Waals surface area contributed by atoms with Crippen LogP contribution in [-0.2, 0) is 6.42 Å². The molecule has 1 aliphatic heterocycles. The number of ether oxygens (including phenoxy) is 1. The number of anilines is 1. The molecular weight excluding hydrogens is 492 g/mol. The second kappa shape index (κ2) is 10.4. The molecule has 1 aromatic carbocycles. The van der Waals surface area contributed by atoms with Gasteiger partial charge in [0.05, 0.1) is 22.7 Å². The average molecular weight is 518 g/mol. The molecule has 1 saturated heterocycles. The summed E-state index contributed by atoms with van der Waals surface area (Å²) in [6.07, 6.45) is 9.35. The highest BCUT2D eigenvalue weighted by Crippen LogP contribution is 2.40. The van der Waals surface area contributed by atoms with Crippen molar-refractivity contribution >= 4 is 40.0 Å². The van der Waals surface area contributed by atoms with E-state index in [-0.39, 0.29) is 10.8 Å². The third-order valence-corrected chi connectivity index (χ3v) is 7.26. The maximum Gasteiger partial charge on any atom is 0.205 e. The van der Waals surface area contributed by atoms with E-state index in [0.29, 0.717) is 53.7 Å². The first-order valence-electron chi connectivity index (χ1n) is 11.7. The molecule has 7 nitrogen and oxygen atoms in total. The summed E-state index contributed by atoms with van der Waals surface area (Å²) in [6, 6.07) is 2.79. The molecule has 0 atom stereocenters. The number of benzene rings is 1. The van der Waals surface area contributed by atoms with Crippen molar-refractivity contribution in [3.8, 4) is 16.9 Å². The van der Waals surface area contributed by atoms with Crippen LogP contribution in [0.4, 0.5) is 10.2 Å². The fourth-order valence-electron chi connectivity index (χ4n) is 4.63. The van der Waals surface area contributed by atoms with Gasteiger partial charge in [0.2, 0.25) is 5.75 Å². The number of nitrogens with two attached hydrogens (primary N) is 1. The first-order chi connectivity index (χ1) is 17.0. The summed E-state index contributed by atoms with van der Waals surface area (Å²) < 4.78 is 25.6. The molecule has 10 heteroatoms. The van der Waals surface area contributed by atoms with Crippen LogP contribution in [0.2, 0.25) is 10.0 Å². The molecule has 0 unspecified atom stereocenters. The predicted molar refractivity (Wildman–Crippen MR) is 136 cm³/mol. The number of nitrogens with one attached hydrogen (secondary N) is 2. The van der Waals surface area contributed by atoms with Crippen molar-refractivity contribution in [2.24, 2.45) is 0 Å². The highest BCUT2D eigenvalue weighted by Gasteiger charge is 2.24. The molecule has 0 saturated carbocycles. The lowest BCUT2D eigenvalue weighted by Gasteiger charge is -2.21. The van der Waals surface area contributed by atoms with Crippen LogP contribution < -0.4 is 15.8 Å². The minimum Gasteiger partial charge on any atom is -0.486 e. The maximum absolute atomic E-state index is 13.7. The Labute approximate surface area is 212 Å². The molecule has 1 aliphatic rings. The molecule has 3 aromatic heterocycles. The van der Waals surface area contributed by atoms with Crippen LogP contribution in [0.1, 0.15) is 42.9 Å². The van der Waals surface area contributed by atoms with Crippen LogP contribution in [0.5, 0.6) is 5.75 Å². The summed E-state index contributed by atoms with van der Waals surface area (Å²) in [5, 5.41) is 12.3. The minimum absolute atomic E-state index is 0.0721. The van der Waals surface area contributed by atoms with Gasteiger partial charge in [-0.05, 0) is 62.9 Å². The Morgan fingerprint density at radius 2 is 2.00 bits per heavy atom. The molecule has 35 heavy (non-hydrogen) atoms. The summed E-state index contributed by atoms with van der Waals surface area (Å²) in [6.45, 7) is 2.35. The fourth-order valence-corrected chi connectivity index (χ4v) is 5.19. The van der Waals surface area contributed by atoms with Gasteiger partial charge in [-0.15, -0.1) is 0 Å². The molecule has 0 bridgehead atoms. The van der Waals surface area contributed by atoms with Crippen LogP contribution in [0, 0.1) is 5.82 Å². The molecule has 0 spiro atoms. The molecule has 184 valence electrons. The number of aromatic nitrogens is 3. The van der Waals surface area contributed by atoms with Crippen molar-refractivity contribution in [2.45, 2.75) is 38.0 Å². The number of furan rings is 1. The minimum atomic E-state index is -0.470. The number of unbranched alkanes of at least 4 members (excludes halogenated alkanes) is 1. The number of hydrogen-bond donors (Lipinski definition) is 3. The zero-order valence-corrected chi connectivity index (χ0v) is 20.6. The van der Waals surface area contributed by atoms with Gasteiger partial charge in [0.15, 0.2) is 11.4 Å². The fraction of sp³-hybridized carbons (Fsp3) is 0.360. The molecule has 0 aliphatic carbocycles. The van der Waals surface area contributed by atoms with Crippen molar-refractivity contribution in [3.05, 3.63) is 57.9 Å². The third kappa shape index (κ3) is 4.83. The number of H-pyrrole nitrogens is 1. The number of nitrogen functional groups attached to an aromatic ring is 1. The van der Waals surface area contributed by atoms with E-state index in [1.807, 2.05) is 6.20 Å². The topological polar surface area (TPSA) is 102 Å². The van der Waals surface area contributed by atoms with Crippen molar-refractivity contribution in [1.29, 1.82) is 0 Å². The third-order valence-electron chi connectivity index (χ3n) is 6.49. The first kappa shape index (κ1) is 23.9. The number of aromatic amines is 1. The molecular formula is C25H26Cl2FN5O2. The Bertz CT molecular complexity index is 1330. The Kier molecular flexibility index (Phi) is 7.13. The van der Waals surface area contributed by atoms with Crippen LogP contribution in [0.15, 0.2) is 35.2 Å². The van der Waals surface area contributed by atoms with Gasteiger partial charge in [-0.25, -0.2) is 9.37 Å². The number of rotatable bonds is 8. The van der Waals surface area contributed by atoms with Crippen molar-refractivity contribution in [3.63, 3.8) is 0 Å². The number of halogens is 3. The largest absolute Gasteiger partial charge is 0.486 e. The monoisotopic (exact) mass is 517 g/mol. The van der Waals surface area contributed by atoms with E-state index in [1.165, 1.54) is 12.1 Å². The van der Waals surface area contributed by atoms with Gasteiger partial charge in [-0.1, -0.05) is 23.2 Å². The lowest BCUT2D eigenvalue weighted by molar-refractivity contribution is 0.307. The molecule has 4 aromatic rings. The smallest absolute Gasteiger partial charge is 0.205 e. The lowest BCUT2D eigenvalue weighted by atomic mass is 9.90. The summed E-state index contributed by atoms with van der Waals surface area (Å²) >= 11 is 12.2. The van der Waals surface area contributed by atoms with Gasteiger partial charge in [-0.2, -0.15) is 5.10 Å². The summed E-state index contributed by atoms with van der Waals surface area (Å²) in [7, 11) is 0. The summed E-state index contributed by atoms with van der Waals surface area (Å²) in [4.78, 5) is 4.35. The highest BCUT2D eigenvalue weighted by atomic mass is 35.5. The number of hydrogen-bond acceptors (Lipinski definition) is 6. The Morgan fingerprint density at radius 1 is 1.17 bits per heavy atom. The zero-order valence-electron chi connectivity index (χ0n) is 19.0. The normalized spacial score (nSPS) is 14.6. The molecule has 0 radical (unpaired) electrons. The Balaban J connectivity index is 1.30. The van der Waals surface area contributed by atoms with E-state index in [2.05, 4.69) is 20.5 Å².